The molecule has 0 aliphatic rings. The van der Waals surface area contributed by atoms with E-state index < -0.39 is 23.8 Å². The second-order valence-corrected chi connectivity index (χ2v) is 8.22. The third kappa shape index (κ3) is 5.72. The molecule has 0 saturated heterocycles. The van der Waals surface area contributed by atoms with Crippen LogP contribution in [0.3, 0.4) is 0 Å². The van der Waals surface area contributed by atoms with Gasteiger partial charge in [0, 0.05) is 6.20 Å². The lowest BCUT2D eigenvalue weighted by atomic mass is 10.2. The first-order valence-electron chi connectivity index (χ1n) is 10.6. The van der Waals surface area contributed by atoms with Crippen molar-refractivity contribution in [1.82, 2.24) is 19.6 Å². The monoisotopic (exact) mass is 543 g/mol. The number of carbonyl (C=O) groups excluding carboxylic acids is 1. The highest BCUT2D eigenvalue weighted by molar-refractivity contribution is 9.10. The van der Waals surface area contributed by atoms with E-state index in [1.165, 1.54) is 20.0 Å². The first kappa shape index (κ1) is 25.6. The number of carbonyl (C=O) groups is 1. The number of halogens is 4. The number of nitrogens with one attached hydrogen (secondary N) is 1. The van der Waals surface area contributed by atoms with E-state index in [1.54, 1.807) is 10.9 Å². The fourth-order valence-corrected chi connectivity index (χ4v) is 3.80. The highest BCUT2D eigenvalue weighted by atomic mass is 79.9. The second kappa shape index (κ2) is 10.5. The minimum absolute atomic E-state index is 0.186. The number of anilines is 1. The van der Waals surface area contributed by atoms with E-state index in [9.17, 15) is 18.0 Å². The largest absolute Gasteiger partial charge is 0.490 e. The van der Waals surface area contributed by atoms with Gasteiger partial charge in [0.25, 0.3) is 0 Å². The van der Waals surface area contributed by atoms with E-state index in [2.05, 4.69) is 31.4 Å². The summed E-state index contributed by atoms with van der Waals surface area (Å²) in [6.45, 7) is 8.15. The summed E-state index contributed by atoms with van der Waals surface area (Å²) >= 11 is 2.92. The lowest BCUT2D eigenvalue weighted by molar-refractivity contribution is -0.142. The van der Waals surface area contributed by atoms with Gasteiger partial charge < -0.3 is 14.8 Å². The van der Waals surface area contributed by atoms with Gasteiger partial charge in [-0.3, -0.25) is 14.2 Å². The molecule has 0 fully saturated rings. The lowest BCUT2D eigenvalue weighted by Crippen LogP contribution is -2.25. The predicted molar refractivity (Wildman–Crippen MR) is 123 cm³/mol. The standard InChI is InChI=1S/C22H25BrF3N5O3/c1-5-33-17-8-7-15(9-18(17)34-6-2)11-30-12-16(10-27-30)28-21(32)14(4)31-13(3)19(23)20(29-31)22(24,25)26/h7-10,12,14H,5-6,11H2,1-4H3,(H,28,32). The molecule has 3 aromatic rings. The van der Waals surface area contributed by atoms with E-state index in [-0.39, 0.29) is 10.2 Å². The zero-order chi connectivity index (χ0) is 25.0. The van der Waals surface area contributed by atoms with E-state index in [0.717, 1.165) is 10.2 Å². The SMILES string of the molecule is CCOc1ccc(Cn2cc(NC(=O)C(C)n3nc(C(F)(F)F)c(Br)c3C)cn2)cc1OCC. The van der Waals surface area contributed by atoms with Crippen LogP contribution >= 0.6 is 15.9 Å². The van der Waals surface area contributed by atoms with Crippen LogP contribution in [0.1, 0.15) is 43.8 Å². The molecule has 1 atom stereocenters. The van der Waals surface area contributed by atoms with Gasteiger partial charge in [-0.2, -0.15) is 23.4 Å². The number of hydrogen-bond acceptors (Lipinski definition) is 5. The van der Waals surface area contributed by atoms with Gasteiger partial charge >= 0.3 is 6.18 Å². The van der Waals surface area contributed by atoms with Crippen molar-refractivity contribution in [1.29, 1.82) is 0 Å². The summed E-state index contributed by atoms with van der Waals surface area (Å²) in [5, 5.41) is 10.5. The van der Waals surface area contributed by atoms with Gasteiger partial charge in [-0.05, 0) is 61.3 Å². The molecule has 12 heteroatoms. The first-order chi connectivity index (χ1) is 16.0. The molecule has 8 nitrogen and oxygen atoms in total. The number of amides is 1. The van der Waals surface area contributed by atoms with Crippen LogP contribution in [0.15, 0.2) is 35.1 Å². The zero-order valence-electron chi connectivity index (χ0n) is 19.1. The normalized spacial score (nSPS) is 12.5. The first-order valence-corrected chi connectivity index (χ1v) is 11.4. The molecular formula is C22H25BrF3N5O3. The topological polar surface area (TPSA) is 83.2 Å². The molecule has 0 spiro atoms. The third-order valence-corrected chi connectivity index (χ3v) is 5.89. The molecular weight excluding hydrogens is 519 g/mol. The fraction of sp³-hybridized carbons (Fsp3) is 0.409. The molecule has 1 unspecified atom stereocenters. The zero-order valence-corrected chi connectivity index (χ0v) is 20.7. The fourth-order valence-electron chi connectivity index (χ4n) is 3.31. The van der Waals surface area contributed by atoms with Crippen molar-refractivity contribution in [3.05, 3.63) is 52.0 Å². The molecule has 0 bridgehead atoms. The van der Waals surface area contributed by atoms with Crippen LogP contribution in [0.4, 0.5) is 18.9 Å². The Hall–Kier alpha value is -3.02. The number of nitrogens with zero attached hydrogens (tertiary/aromatic N) is 4. The van der Waals surface area contributed by atoms with Crippen molar-refractivity contribution in [3.8, 4) is 11.5 Å². The quantitative estimate of drug-likeness (QED) is 0.400. The molecule has 1 aromatic carbocycles. The van der Waals surface area contributed by atoms with E-state index in [1.807, 2.05) is 32.0 Å². The molecule has 0 aliphatic carbocycles. The molecule has 0 saturated carbocycles. The maximum Gasteiger partial charge on any atom is 0.436 e. The molecule has 34 heavy (non-hydrogen) atoms. The summed E-state index contributed by atoms with van der Waals surface area (Å²) in [6, 6.07) is 4.62. The highest BCUT2D eigenvalue weighted by Crippen LogP contribution is 2.36. The van der Waals surface area contributed by atoms with Crippen LogP contribution in [0, 0.1) is 6.92 Å². The van der Waals surface area contributed by atoms with Gasteiger partial charge in [-0.1, -0.05) is 6.07 Å². The smallest absolute Gasteiger partial charge is 0.436 e. The minimum atomic E-state index is -4.63. The Morgan fingerprint density at radius 1 is 1.21 bits per heavy atom. The number of ether oxygens (including phenoxy) is 2. The van der Waals surface area contributed by atoms with Crippen LogP contribution in [-0.2, 0) is 17.5 Å². The van der Waals surface area contributed by atoms with E-state index in [4.69, 9.17) is 9.47 Å². The van der Waals surface area contributed by atoms with Crippen molar-refractivity contribution in [2.75, 3.05) is 18.5 Å². The van der Waals surface area contributed by atoms with Gasteiger partial charge in [-0.15, -0.1) is 0 Å². The molecule has 0 aliphatic heterocycles. The van der Waals surface area contributed by atoms with Crippen LogP contribution in [0.2, 0.25) is 0 Å². The Bertz CT molecular complexity index is 1160. The van der Waals surface area contributed by atoms with Crippen molar-refractivity contribution >= 4 is 27.5 Å². The van der Waals surface area contributed by atoms with Crippen LogP contribution in [0.25, 0.3) is 0 Å². The summed E-state index contributed by atoms with van der Waals surface area (Å²) < 4.78 is 53.1. The summed E-state index contributed by atoms with van der Waals surface area (Å²) in [7, 11) is 0. The Balaban J connectivity index is 1.70. The molecule has 0 radical (unpaired) electrons. The van der Waals surface area contributed by atoms with Gasteiger partial charge in [0.05, 0.1) is 41.8 Å². The number of aromatic nitrogens is 4. The predicted octanol–water partition coefficient (Wildman–Crippen LogP) is 5.21. The van der Waals surface area contributed by atoms with Crippen LogP contribution in [-0.4, -0.2) is 38.7 Å². The Kier molecular flexibility index (Phi) is 7.90. The van der Waals surface area contributed by atoms with Gasteiger partial charge in [0.15, 0.2) is 17.2 Å². The van der Waals surface area contributed by atoms with Crippen LogP contribution in [0.5, 0.6) is 11.5 Å². The van der Waals surface area contributed by atoms with E-state index in [0.29, 0.717) is 36.9 Å². The van der Waals surface area contributed by atoms with Crippen molar-refractivity contribution in [2.24, 2.45) is 0 Å². The molecule has 2 heterocycles. The number of hydrogen-bond donors (Lipinski definition) is 1. The molecule has 1 amide bonds. The Morgan fingerprint density at radius 3 is 2.50 bits per heavy atom. The van der Waals surface area contributed by atoms with Crippen molar-refractivity contribution in [2.45, 2.75) is 46.5 Å². The highest BCUT2D eigenvalue weighted by Gasteiger charge is 2.39. The molecule has 2 aromatic heterocycles. The van der Waals surface area contributed by atoms with Gasteiger partial charge in [-0.25, -0.2) is 0 Å². The maximum absolute atomic E-state index is 13.1. The van der Waals surface area contributed by atoms with Gasteiger partial charge in [0.2, 0.25) is 5.91 Å². The third-order valence-electron chi connectivity index (χ3n) is 4.94. The Labute approximate surface area is 203 Å². The number of benzene rings is 1. The number of alkyl halides is 3. The second-order valence-electron chi connectivity index (χ2n) is 7.43. The average Bonchev–Trinajstić information content (AvgIpc) is 3.33. The molecule has 1 N–H and O–H groups in total. The maximum atomic E-state index is 13.1. The van der Waals surface area contributed by atoms with E-state index >= 15 is 0 Å². The summed E-state index contributed by atoms with van der Waals surface area (Å²) in [5.74, 6) is 0.770. The van der Waals surface area contributed by atoms with Crippen molar-refractivity contribution in [3.63, 3.8) is 0 Å². The number of rotatable bonds is 9. The average molecular weight is 544 g/mol. The Morgan fingerprint density at radius 2 is 1.88 bits per heavy atom. The summed E-state index contributed by atoms with van der Waals surface area (Å²) in [6.07, 6.45) is -1.53. The lowest BCUT2D eigenvalue weighted by Gasteiger charge is -2.14. The molecule has 184 valence electrons. The van der Waals surface area contributed by atoms with Gasteiger partial charge in [0.1, 0.15) is 6.04 Å². The van der Waals surface area contributed by atoms with Crippen molar-refractivity contribution < 1.29 is 27.4 Å². The molecule has 3 rings (SSSR count). The van der Waals surface area contributed by atoms with Crippen LogP contribution < -0.4 is 14.8 Å². The summed E-state index contributed by atoms with van der Waals surface area (Å²) in [5.41, 5.74) is 0.455. The summed E-state index contributed by atoms with van der Waals surface area (Å²) in [4.78, 5) is 12.7. The minimum Gasteiger partial charge on any atom is -0.490 e.